The maximum absolute atomic E-state index is 12.2. The molecule has 4 heterocycles. The number of hydrogen-bond acceptors (Lipinski definition) is 4. The van der Waals surface area contributed by atoms with Gasteiger partial charge in [-0.15, -0.1) is 24.8 Å². The molecule has 0 aliphatic carbocycles. The summed E-state index contributed by atoms with van der Waals surface area (Å²) in [5.41, 5.74) is 0.522. The van der Waals surface area contributed by atoms with Gasteiger partial charge in [-0.1, -0.05) is 0 Å². The average Bonchev–Trinajstić information content (AvgIpc) is 3.13. The Morgan fingerprint density at radius 2 is 2.10 bits per heavy atom. The quantitative estimate of drug-likeness (QED) is 0.879. The lowest BCUT2D eigenvalue weighted by Crippen LogP contribution is -2.43. The molecule has 7 heteroatoms. The van der Waals surface area contributed by atoms with E-state index in [0.29, 0.717) is 17.8 Å². The number of pyridine rings is 1. The van der Waals surface area contributed by atoms with Gasteiger partial charge < -0.3 is 10.6 Å². The minimum Gasteiger partial charge on any atom is -0.346 e. The lowest BCUT2D eigenvalue weighted by molar-refractivity contribution is 0.0926. The first-order valence-corrected chi connectivity index (χ1v) is 7.63. The molecule has 0 saturated carbocycles. The number of hydrogen-bond donors (Lipinski definition) is 2. The van der Waals surface area contributed by atoms with E-state index in [1.54, 1.807) is 17.5 Å². The molecule has 0 spiro atoms. The van der Waals surface area contributed by atoms with Gasteiger partial charge in [-0.25, -0.2) is 0 Å². The number of carbonyl (C=O) groups excluding carboxylic acids is 1. The Morgan fingerprint density at radius 3 is 2.81 bits per heavy atom. The highest BCUT2D eigenvalue weighted by atomic mass is 35.5. The first-order valence-electron chi connectivity index (χ1n) is 6.68. The van der Waals surface area contributed by atoms with Crippen molar-refractivity contribution in [3.63, 3.8) is 0 Å². The van der Waals surface area contributed by atoms with Crippen molar-refractivity contribution >= 4 is 52.8 Å². The number of thiophene rings is 1. The van der Waals surface area contributed by atoms with Crippen LogP contribution < -0.4 is 10.6 Å². The van der Waals surface area contributed by atoms with Gasteiger partial charge in [0.2, 0.25) is 0 Å². The van der Waals surface area contributed by atoms with Crippen LogP contribution in [0.1, 0.15) is 29.8 Å². The molecule has 3 atom stereocenters. The minimum atomic E-state index is -0.0487. The second-order valence-corrected chi connectivity index (χ2v) is 6.18. The molecule has 4 rings (SSSR count). The van der Waals surface area contributed by atoms with Gasteiger partial charge in [-0.3, -0.25) is 9.78 Å². The lowest BCUT2D eigenvalue weighted by Gasteiger charge is -2.21. The van der Waals surface area contributed by atoms with Crippen LogP contribution >= 0.6 is 36.2 Å². The van der Waals surface area contributed by atoms with Gasteiger partial charge in [0, 0.05) is 35.1 Å². The highest BCUT2D eigenvalue weighted by Crippen LogP contribution is 2.28. The molecule has 4 nitrogen and oxygen atoms in total. The van der Waals surface area contributed by atoms with Crippen molar-refractivity contribution in [3.8, 4) is 0 Å². The van der Waals surface area contributed by atoms with Gasteiger partial charge in [-0.05, 0) is 36.1 Å². The van der Waals surface area contributed by atoms with Crippen LogP contribution in [-0.4, -0.2) is 29.0 Å². The molecule has 21 heavy (non-hydrogen) atoms. The van der Waals surface area contributed by atoms with Crippen LogP contribution in [0.5, 0.6) is 0 Å². The zero-order chi connectivity index (χ0) is 12.8. The third-order valence-corrected chi connectivity index (χ3v) is 4.99. The Bertz CT molecular complexity index is 648. The summed E-state index contributed by atoms with van der Waals surface area (Å²) in [5, 5.41) is 12.9. The number of amides is 1. The Kier molecular flexibility index (Phi) is 5.09. The summed E-state index contributed by atoms with van der Waals surface area (Å²) < 4.78 is 0. The maximum atomic E-state index is 12.2. The topological polar surface area (TPSA) is 54.0 Å². The van der Waals surface area contributed by atoms with Gasteiger partial charge in [0.25, 0.3) is 5.91 Å². The van der Waals surface area contributed by atoms with Crippen molar-refractivity contribution in [1.29, 1.82) is 0 Å². The summed E-state index contributed by atoms with van der Waals surface area (Å²) in [5.74, 6) is -0.0487. The zero-order valence-corrected chi connectivity index (χ0v) is 13.7. The molecule has 2 N–H and O–H groups in total. The van der Waals surface area contributed by atoms with E-state index >= 15 is 0 Å². The number of nitrogens with zero attached hydrogens (tertiary/aromatic N) is 1. The molecule has 1 amide bonds. The number of halogens is 2. The van der Waals surface area contributed by atoms with Crippen LogP contribution in [0.3, 0.4) is 0 Å². The third kappa shape index (κ3) is 3.01. The number of carbonyl (C=O) groups is 1. The predicted octanol–water partition coefficient (Wildman–Crippen LogP) is 2.76. The molecule has 2 aromatic heterocycles. The first-order chi connectivity index (χ1) is 9.29. The minimum absolute atomic E-state index is 0. The molecule has 2 aliphatic rings. The Hall–Kier alpha value is -0.880. The standard InChI is InChI=1S/C14H15N3OS.2ClH/c18-14(17-12-4-10-1-2-11(12)16-10)13-3-8-6-19-7-9(8)5-15-13;;/h3,5-7,10-12,16H,1-2,4H2,(H,17,18);2*1H/t10?,11?,12-;;/m1../s1. The van der Waals surface area contributed by atoms with Crippen molar-refractivity contribution < 1.29 is 4.79 Å². The number of aromatic nitrogens is 1. The SMILES string of the molecule is Cl.Cl.O=C(N[C@@H]1CC2CCC1N2)c1cc2cscc2cn1. The smallest absolute Gasteiger partial charge is 0.270 e. The Labute approximate surface area is 139 Å². The van der Waals surface area contributed by atoms with E-state index in [9.17, 15) is 4.79 Å². The highest BCUT2D eigenvalue weighted by Gasteiger charge is 2.39. The van der Waals surface area contributed by atoms with Crippen molar-refractivity contribution in [1.82, 2.24) is 15.6 Å². The van der Waals surface area contributed by atoms with Gasteiger partial charge in [0.05, 0.1) is 0 Å². The summed E-state index contributed by atoms with van der Waals surface area (Å²) in [7, 11) is 0. The summed E-state index contributed by atoms with van der Waals surface area (Å²) in [4.78, 5) is 16.5. The van der Waals surface area contributed by atoms with Gasteiger partial charge in [0.1, 0.15) is 5.69 Å². The molecule has 2 unspecified atom stereocenters. The summed E-state index contributed by atoms with van der Waals surface area (Å²) in [6.45, 7) is 0. The van der Waals surface area contributed by atoms with Gasteiger partial charge in [-0.2, -0.15) is 11.3 Å². The molecular weight excluding hydrogens is 329 g/mol. The average molecular weight is 346 g/mol. The van der Waals surface area contributed by atoms with Crippen LogP contribution in [0.15, 0.2) is 23.0 Å². The summed E-state index contributed by atoms with van der Waals surface area (Å²) >= 11 is 1.63. The van der Waals surface area contributed by atoms with Crippen LogP contribution in [0, 0.1) is 0 Å². The number of nitrogens with one attached hydrogen (secondary N) is 2. The van der Waals surface area contributed by atoms with E-state index in [1.807, 2.05) is 16.8 Å². The molecule has 2 aliphatic heterocycles. The van der Waals surface area contributed by atoms with E-state index in [1.165, 1.54) is 12.8 Å². The van der Waals surface area contributed by atoms with Crippen LogP contribution in [0.4, 0.5) is 0 Å². The molecule has 2 bridgehead atoms. The fourth-order valence-corrected chi connectivity index (χ4v) is 3.98. The normalized spacial score (nSPS) is 26.2. The van der Waals surface area contributed by atoms with Crippen molar-refractivity contribution in [2.45, 2.75) is 37.4 Å². The van der Waals surface area contributed by atoms with Crippen molar-refractivity contribution in [2.24, 2.45) is 0 Å². The molecule has 2 saturated heterocycles. The molecule has 2 aromatic rings. The number of fused-ring (bicyclic) bond motifs is 3. The largest absolute Gasteiger partial charge is 0.346 e. The van der Waals surface area contributed by atoms with E-state index in [-0.39, 0.29) is 36.8 Å². The Morgan fingerprint density at radius 1 is 1.29 bits per heavy atom. The van der Waals surface area contributed by atoms with Crippen LogP contribution in [-0.2, 0) is 0 Å². The molecule has 2 fully saturated rings. The van der Waals surface area contributed by atoms with Crippen molar-refractivity contribution in [3.05, 3.63) is 28.7 Å². The maximum Gasteiger partial charge on any atom is 0.270 e. The predicted molar refractivity (Wildman–Crippen MR) is 89.9 cm³/mol. The van der Waals surface area contributed by atoms with E-state index in [2.05, 4.69) is 15.6 Å². The zero-order valence-electron chi connectivity index (χ0n) is 11.2. The summed E-state index contributed by atoms with van der Waals surface area (Å²) in [6, 6.07) is 3.20. The monoisotopic (exact) mass is 345 g/mol. The Balaban J connectivity index is 0.000000807. The second kappa shape index (κ2) is 6.48. The van der Waals surface area contributed by atoms with Gasteiger partial charge in [0.15, 0.2) is 0 Å². The van der Waals surface area contributed by atoms with Crippen LogP contribution in [0.25, 0.3) is 10.8 Å². The highest BCUT2D eigenvalue weighted by molar-refractivity contribution is 7.09. The van der Waals surface area contributed by atoms with Gasteiger partial charge >= 0.3 is 0 Å². The third-order valence-electron chi connectivity index (χ3n) is 4.21. The molecule has 0 radical (unpaired) electrons. The van der Waals surface area contributed by atoms with E-state index in [4.69, 9.17) is 0 Å². The van der Waals surface area contributed by atoms with E-state index < -0.39 is 0 Å². The molecule has 114 valence electrons. The molecular formula is C14H17Cl2N3OS. The fourth-order valence-electron chi connectivity index (χ4n) is 3.21. The molecule has 0 aromatic carbocycles. The van der Waals surface area contributed by atoms with E-state index in [0.717, 1.165) is 17.2 Å². The first kappa shape index (κ1) is 16.5. The lowest BCUT2D eigenvalue weighted by atomic mass is 9.95. The van der Waals surface area contributed by atoms with Crippen molar-refractivity contribution in [2.75, 3.05) is 0 Å². The number of rotatable bonds is 2. The fraction of sp³-hybridized carbons (Fsp3) is 0.429. The van der Waals surface area contributed by atoms with Crippen LogP contribution in [0.2, 0.25) is 0 Å². The summed E-state index contributed by atoms with van der Waals surface area (Å²) in [6.07, 6.45) is 5.25. The second-order valence-electron chi connectivity index (χ2n) is 5.43.